The molecule has 9 heteroatoms. The number of likely N-dealkylation sites (tertiary alicyclic amines) is 1. The number of amides is 4. The number of hydrogen-bond acceptors (Lipinski definition) is 6. The summed E-state index contributed by atoms with van der Waals surface area (Å²) in [5, 5.41) is 10.7. The van der Waals surface area contributed by atoms with E-state index in [2.05, 4.69) is 31.8 Å². The molecule has 6 atom stereocenters. The standard InChI is InChI=1S/C28H31N5O4/c1-15(2)18-9-8-16(3)10-24(18)37-28(36)31-14-17-11-22(31)25-26(34)33(27(35)32(17)25)23-13-30-21(12-29)19-6-4-5-7-20(19)23/h4-7,13,15-18,22,24-25H,8-11,14H2,1-3H3/t16-,17-,18+,22-,24-,25+/m0/s1. The molecule has 37 heavy (non-hydrogen) atoms. The van der Waals surface area contributed by atoms with Gasteiger partial charge in [-0.2, -0.15) is 5.26 Å². The lowest BCUT2D eigenvalue weighted by molar-refractivity contribution is -0.121. The Morgan fingerprint density at radius 1 is 1.16 bits per heavy atom. The van der Waals surface area contributed by atoms with E-state index in [4.69, 9.17) is 4.74 Å². The molecule has 1 aromatic carbocycles. The van der Waals surface area contributed by atoms with Gasteiger partial charge in [-0.15, -0.1) is 0 Å². The Hall–Kier alpha value is -3.67. The van der Waals surface area contributed by atoms with Gasteiger partial charge in [0.2, 0.25) is 0 Å². The second kappa shape index (κ2) is 8.72. The quantitative estimate of drug-likeness (QED) is 0.581. The summed E-state index contributed by atoms with van der Waals surface area (Å²) in [6.07, 6.45) is 4.55. The van der Waals surface area contributed by atoms with Crippen molar-refractivity contribution in [1.82, 2.24) is 14.8 Å². The number of carbonyl (C=O) groups excluding carboxylic acids is 3. The average Bonchev–Trinajstić information content (AvgIpc) is 3.55. The maximum atomic E-state index is 13.7. The number of pyridine rings is 1. The predicted octanol–water partition coefficient (Wildman–Crippen LogP) is 4.30. The molecule has 9 nitrogen and oxygen atoms in total. The number of hydrogen-bond donors (Lipinski definition) is 0. The molecule has 1 saturated carbocycles. The van der Waals surface area contributed by atoms with Crippen LogP contribution >= 0.6 is 0 Å². The number of rotatable bonds is 3. The van der Waals surface area contributed by atoms with Gasteiger partial charge < -0.3 is 14.5 Å². The van der Waals surface area contributed by atoms with Gasteiger partial charge >= 0.3 is 12.1 Å². The summed E-state index contributed by atoms with van der Waals surface area (Å²) >= 11 is 0. The van der Waals surface area contributed by atoms with Gasteiger partial charge in [-0.05, 0) is 37.0 Å². The molecular weight excluding hydrogens is 470 g/mol. The van der Waals surface area contributed by atoms with E-state index in [-0.39, 0.29) is 29.8 Å². The van der Waals surface area contributed by atoms with Crippen molar-refractivity contribution in [2.75, 3.05) is 11.4 Å². The van der Waals surface area contributed by atoms with Crippen LogP contribution < -0.4 is 4.90 Å². The topological polar surface area (TPSA) is 107 Å². The SMILES string of the molecule is CC(C)[C@H]1CC[C@H](C)C[C@@H]1OC(=O)N1C[C@@H]2C[C@H]1[C@@H]1C(=O)N(c3cnc(C#N)c4ccccc34)C(=O)N21. The molecule has 1 aromatic heterocycles. The van der Waals surface area contributed by atoms with Crippen molar-refractivity contribution in [2.45, 2.75) is 70.7 Å². The molecule has 1 aliphatic carbocycles. The Balaban J connectivity index is 1.26. The van der Waals surface area contributed by atoms with Gasteiger partial charge in [-0.1, -0.05) is 51.5 Å². The summed E-state index contributed by atoms with van der Waals surface area (Å²) in [7, 11) is 0. The number of nitrogens with zero attached hydrogens (tertiary/aromatic N) is 5. The van der Waals surface area contributed by atoms with Crippen LogP contribution in [0.2, 0.25) is 0 Å². The van der Waals surface area contributed by atoms with Gasteiger partial charge in [0.15, 0.2) is 0 Å². The van der Waals surface area contributed by atoms with Crippen LogP contribution in [0.4, 0.5) is 15.3 Å². The third-order valence-electron chi connectivity index (χ3n) is 8.83. The summed E-state index contributed by atoms with van der Waals surface area (Å²) in [5.74, 6) is 0.905. The van der Waals surface area contributed by atoms with Crippen LogP contribution in [-0.4, -0.2) is 63.6 Å². The minimum atomic E-state index is -0.737. The van der Waals surface area contributed by atoms with Crippen molar-refractivity contribution in [3.8, 4) is 6.07 Å². The van der Waals surface area contributed by atoms with Crippen molar-refractivity contribution in [3.63, 3.8) is 0 Å². The lowest BCUT2D eigenvalue weighted by Gasteiger charge is -2.39. The zero-order valence-electron chi connectivity index (χ0n) is 21.3. The highest BCUT2D eigenvalue weighted by Crippen LogP contribution is 2.44. The van der Waals surface area contributed by atoms with Gasteiger partial charge in [0.05, 0.1) is 24.0 Å². The lowest BCUT2D eigenvalue weighted by Crippen LogP contribution is -2.55. The van der Waals surface area contributed by atoms with Crippen molar-refractivity contribution in [1.29, 1.82) is 5.26 Å². The molecule has 3 saturated heterocycles. The van der Waals surface area contributed by atoms with Crippen LogP contribution in [0.1, 0.15) is 52.1 Å². The number of nitriles is 1. The number of piperazine rings is 1. The molecular formula is C28H31N5O4. The Kier molecular flexibility index (Phi) is 5.59. The van der Waals surface area contributed by atoms with E-state index in [1.54, 1.807) is 34.1 Å². The van der Waals surface area contributed by atoms with Crippen LogP contribution in [0, 0.1) is 29.1 Å². The van der Waals surface area contributed by atoms with Crippen LogP contribution in [-0.2, 0) is 9.53 Å². The molecule has 2 bridgehead atoms. The number of anilines is 1. The van der Waals surface area contributed by atoms with Gasteiger partial charge in [-0.3, -0.25) is 4.79 Å². The first-order valence-electron chi connectivity index (χ1n) is 13.2. The maximum Gasteiger partial charge on any atom is 0.410 e. The second-order valence-corrected chi connectivity index (χ2v) is 11.3. The van der Waals surface area contributed by atoms with E-state index in [0.29, 0.717) is 47.2 Å². The Labute approximate surface area is 216 Å². The zero-order chi connectivity index (χ0) is 26.0. The lowest BCUT2D eigenvalue weighted by atomic mass is 9.75. The first-order valence-corrected chi connectivity index (χ1v) is 13.2. The van der Waals surface area contributed by atoms with Crippen LogP contribution in [0.25, 0.3) is 10.8 Å². The highest BCUT2D eigenvalue weighted by atomic mass is 16.6. The smallest absolute Gasteiger partial charge is 0.410 e. The summed E-state index contributed by atoms with van der Waals surface area (Å²) in [6, 6.07) is 7.44. The van der Waals surface area contributed by atoms with Gasteiger partial charge in [0, 0.05) is 17.3 Å². The third kappa shape index (κ3) is 3.57. The maximum absolute atomic E-state index is 13.7. The first-order chi connectivity index (χ1) is 17.8. The molecule has 2 aromatic rings. The number of aromatic nitrogens is 1. The summed E-state index contributed by atoms with van der Waals surface area (Å²) in [6.45, 7) is 6.92. The molecule has 192 valence electrons. The fourth-order valence-electron chi connectivity index (χ4n) is 6.98. The number of fused-ring (bicyclic) bond motifs is 6. The number of benzene rings is 1. The van der Waals surface area contributed by atoms with E-state index in [9.17, 15) is 19.6 Å². The van der Waals surface area contributed by atoms with Crippen LogP contribution in [0.5, 0.6) is 0 Å². The Morgan fingerprint density at radius 2 is 1.92 bits per heavy atom. The van der Waals surface area contributed by atoms with E-state index in [1.165, 1.54) is 11.1 Å². The minimum absolute atomic E-state index is 0.125. The molecule has 4 heterocycles. The number of imide groups is 1. The second-order valence-electron chi connectivity index (χ2n) is 11.3. The molecule has 6 rings (SSSR count). The van der Waals surface area contributed by atoms with Crippen LogP contribution in [0.15, 0.2) is 30.5 Å². The van der Waals surface area contributed by atoms with Crippen molar-refractivity contribution in [2.24, 2.45) is 17.8 Å². The Bertz CT molecular complexity index is 1340. The first kappa shape index (κ1) is 23.7. The number of ether oxygens (including phenoxy) is 1. The Morgan fingerprint density at radius 3 is 2.65 bits per heavy atom. The van der Waals surface area contributed by atoms with E-state index in [1.807, 2.05) is 0 Å². The summed E-state index contributed by atoms with van der Waals surface area (Å²) < 4.78 is 6.10. The fraction of sp³-hybridized carbons (Fsp3) is 0.536. The van der Waals surface area contributed by atoms with Crippen molar-refractivity contribution in [3.05, 3.63) is 36.2 Å². The molecule has 0 radical (unpaired) electrons. The molecule has 3 aliphatic heterocycles. The van der Waals surface area contributed by atoms with Crippen LogP contribution in [0.3, 0.4) is 0 Å². The molecule has 4 amide bonds. The third-order valence-corrected chi connectivity index (χ3v) is 8.83. The number of carbonyl (C=O) groups is 3. The zero-order valence-corrected chi connectivity index (χ0v) is 21.3. The summed E-state index contributed by atoms with van der Waals surface area (Å²) in [5.41, 5.74) is 0.605. The molecule has 0 unspecified atom stereocenters. The average molecular weight is 502 g/mol. The fourth-order valence-corrected chi connectivity index (χ4v) is 6.98. The normalized spacial score (nSPS) is 30.8. The summed E-state index contributed by atoms with van der Waals surface area (Å²) in [4.78, 5) is 49.3. The van der Waals surface area contributed by atoms with Gasteiger partial charge in [0.25, 0.3) is 5.91 Å². The molecule has 4 aliphatic rings. The highest BCUT2D eigenvalue weighted by Gasteiger charge is 2.63. The molecule has 4 fully saturated rings. The highest BCUT2D eigenvalue weighted by molar-refractivity contribution is 6.25. The van der Waals surface area contributed by atoms with E-state index in [0.717, 1.165) is 19.3 Å². The number of urea groups is 1. The molecule has 0 spiro atoms. The van der Waals surface area contributed by atoms with Crippen molar-refractivity contribution < 1.29 is 19.1 Å². The molecule has 0 N–H and O–H groups in total. The monoisotopic (exact) mass is 501 g/mol. The van der Waals surface area contributed by atoms with Gasteiger partial charge in [0.1, 0.15) is 23.9 Å². The van der Waals surface area contributed by atoms with Gasteiger partial charge in [-0.25, -0.2) is 19.5 Å². The van der Waals surface area contributed by atoms with E-state index < -0.39 is 18.1 Å². The minimum Gasteiger partial charge on any atom is -0.446 e. The van der Waals surface area contributed by atoms with E-state index >= 15 is 0 Å². The largest absolute Gasteiger partial charge is 0.446 e. The predicted molar refractivity (Wildman–Crippen MR) is 135 cm³/mol. The van der Waals surface area contributed by atoms with Crippen molar-refractivity contribution >= 4 is 34.5 Å².